The number of hydrogen-bond donors (Lipinski definition) is 1. The van der Waals surface area contributed by atoms with Gasteiger partial charge in [-0.25, -0.2) is 0 Å². The summed E-state index contributed by atoms with van der Waals surface area (Å²) in [5, 5.41) is 9.61. The molecule has 2 amide bonds. The fourth-order valence-electron chi connectivity index (χ4n) is 6.51. The Bertz CT molecular complexity index is 1160. The summed E-state index contributed by atoms with van der Waals surface area (Å²) in [4.78, 5) is 45.6. The molecule has 204 valence electrons. The molecule has 0 saturated carbocycles. The largest absolute Gasteiger partial charge is 0.465 e. The number of nitrogens with zero attached hydrogens (tertiary/aromatic N) is 2. The van der Waals surface area contributed by atoms with Crippen LogP contribution in [0, 0.1) is 11.8 Å². The van der Waals surface area contributed by atoms with Crippen LogP contribution in [0.15, 0.2) is 48.6 Å². The highest BCUT2D eigenvalue weighted by molar-refractivity contribution is 8.02. The number of halogens is 1. The minimum atomic E-state index is -0.906. The Labute approximate surface area is 233 Å². The van der Waals surface area contributed by atoms with Crippen LogP contribution in [-0.2, 0) is 19.1 Å². The van der Waals surface area contributed by atoms with Crippen molar-refractivity contribution in [1.82, 2.24) is 4.90 Å². The minimum absolute atomic E-state index is 0.138. The maximum absolute atomic E-state index is 14.4. The normalized spacial score (nSPS) is 33.6. The Morgan fingerprint density at radius 1 is 1.05 bits per heavy atom. The third-order valence-corrected chi connectivity index (χ3v) is 10.3. The standard InChI is InChI=1S/C29H35ClN2O5S/c1-28-14-7-4-10-19-37-27(36)23(28)22-25(34)32(16-8-2-3-9-18-33)24-26(35)31(17-11-15-29(22,24)38-28)21-13-6-5-12-20(21)30/h5-7,11-15,22-24,33H,2-4,8-10,16-19H2,1H3/b14-7-/t22-,23-,24?,28+,29-/m0/s1. The summed E-state index contributed by atoms with van der Waals surface area (Å²) < 4.78 is 4.09. The van der Waals surface area contributed by atoms with Crippen LogP contribution >= 0.6 is 23.4 Å². The molecule has 5 rings (SSSR count). The van der Waals surface area contributed by atoms with Crippen LogP contribution < -0.4 is 4.90 Å². The molecule has 1 N–H and O–H groups in total. The molecule has 4 aliphatic rings. The summed E-state index contributed by atoms with van der Waals surface area (Å²) in [5.41, 5.74) is 0.607. The number of amides is 2. The molecule has 0 bridgehead atoms. The van der Waals surface area contributed by atoms with Crippen molar-refractivity contribution in [3.8, 4) is 0 Å². The quantitative estimate of drug-likeness (QED) is 0.304. The van der Waals surface area contributed by atoms with Gasteiger partial charge >= 0.3 is 5.97 Å². The van der Waals surface area contributed by atoms with Crippen LogP contribution in [0.1, 0.15) is 45.4 Å². The number of ether oxygens (including phenoxy) is 1. The molecule has 4 heterocycles. The molecule has 0 aliphatic carbocycles. The van der Waals surface area contributed by atoms with Gasteiger partial charge in [0.2, 0.25) is 5.91 Å². The average Bonchev–Trinajstić information content (AvgIpc) is 3.24. The van der Waals surface area contributed by atoms with E-state index in [1.54, 1.807) is 27.6 Å². The lowest BCUT2D eigenvalue weighted by atomic mass is 9.74. The zero-order valence-corrected chi connectivity index (χ0v) is 23.3. The van der Waals surface area contributed by atoms with E-state index in [4.69, 9.17) is 21.4 Å². The van der Waals surface area contributed by atoms with Gasteiger partial charge < -0.3 is 19.6 Å². The predicted octanol–water partition coefficient (Wildman–Crippen LogP) is 4.38. The van der Waals surface area contributed by atoms with Gasteiger partial charge in [-0.3, -0.25) is 14.4 Å². The van der Waals surface area contributed by atoms with Crippen LogP contribution in [0.25, 0.3) is 0 Å². The second-order valence-electron chi connectivity index (χ2n) is 10.7. The van der Waals surface area contributed by atoms with Gasteiger partial charge in [-0.2, -0.15) is 0 Å². The molecule has 0 radical (unpaired) electrons. The molecule has 9 heteroatoms. The van der Waals surface area contributed by atoms with Crippen molar-refractivity contribution < 1.29 is 24.2 Å². The van der Waals surface area contributed by atoms with E-state index in [0.717, 1.165) is 25.7 Å². The third-order valence-electron chi connectivity index (χ3n) is 8.20. The number of cyclic esters (lactones) is 1. The summed E-state index contributed by atoms with van der Waals surface area (Å²) in [6.45, 7) is 3.20. The monoisotopic (exact) mass is 558 g/mol. The summed E-state index contributed by atoms with van der Waals surface area (Å²) in [6.07, 6.45) is 12.7. The summed E-state index contributed by atoms with van der Waals surface area (Å²) >= 11 is 8.08. The van der Waals surface area contributed by atoms with E-state index in [1.165, 1.54) is 0 Å². The topological polar surface area (TPSA) is 87.1 Å². The number of fused-ring (bicyclic) bond motifs is 2. The van der Waals surface area contributed by atoms with E-state index < -0.39 is 27.4 Å². The van der Waals surface area contributed by atoms with Crippen molar-refractivity contribution in [2.45, 2.75) is 61.0 Å². The number of esters is 1. The number of para-hydroxylation sites is 1. The van der Waals surface area contributed by atoms with Gasteiger partial charge in [0.25, 0.3) is 5.91 Å². The first-order valence-corrected chi connectivity index (χ1v) is 14.7. The average molecular weight is 559 g/mol. The number of aliphatic hydroxyl groups excluding tert-OH is 1. The van der Waals surface area contributed by atoms with Crippen molar-refractivity contribution in [2.75, 3.05) is 31.2 Å². The highest BCUT2D eigenvalue weighted by Gasteiger charge is 2.73. The lowest BCUT2D eigenvalue weighted by Gasteiger charge is -2.37. The summed E-state index contributed by atoms with van der Waals surface area (Å²) in [5.74, 6) is -2.11. The Hall–Kier alpha value is -2.29. The minimum Gasteiger partial charge on any atom is -0.465 e. The molecular formula is C29H35ClN2O5S. The molecule has 1 aromatic carbocycles. The lowest BCUT2D eigenvalue weighted by Crippen LogP contribution is -2.53. The predicted molar refractivity (Wildman–Crippen MR) is 149 cm³/mol. The van der Waals surface area contributed by atoms with Crippen molar-refractivity contribution in [2.24, 2.45) is 11.8 Å². The number of carbonyl (C=O) groups excluding carboxylic acids is 3. The lowest BCUT2D eigenvalue weighted by molar-refractivity contribution is -0.154. The second-order valence-corrected chi connectivity index (χ2v) is 12.9. The van der Waals surface area contributed by atoms with Crippen LogP contribution in [-0.4, -0.2) is 69.6 Å². The first-order chi connectivity index (χ1) is 18.3. The van der Waals surface area contributed by atoms with Crippen LogP contribution in [0.4, 0.5) is 5.69 Å². The maximum atomic E-state index is 14.4. The van der Waals surface area contributed by atoms with Crippen LogP contribution in [0.5, 0.6) is 0 Å². The Kier molecular flexibility index (Phi) is 7.94. The fraction of sp³-hybridized carbons (Fsp3) is 0.552. The van der Waals surface area contributed by atoms with Gasteiger partial charge in [0.05, 0.1) is 33.9 Å². The fourth-order valence-corrected chi connectivity index (χ4v) is 8.90. The zero-order valence-electron chi connectivity index (χ0n) is 21.7. The maximum Gasteiger partial charge on any atom is 0.311 e. The number of benzene rings is 1. The highest BCUT2D eigenvalue weighted by atomic mass is 35.5. The number of rotatable bonds is 7. The van der Waals surface area contributed by atoms with Crippen molar-refractivity contribution in [3.63, 3.8) is 0 Å². The first kappa shape index (κ1) is 27.3. The van der Waals surface area contributed by atoms with Crippen LogP contribution in [0.3, 0.4) is 0 Å². The number of thioether (sulfide) groups is 1. The number of hydrogen-bond acceptors (Lipinski definition) is 6. The molecule has 4 aliphatic heterocycles. The van der Waals surface area contributed by atoms with E-state index in [-0.39, 0.29) is 24.4 Å². The number of carbonyl (C=O) groups is 3. The van der Waals surface area contributed by atoms with E-state index in [1.807, 2.05) is 37.3 Å². The van der Waals surface area contributed by atoms with Gasteiger partial charge in [0.1, 0.15) is 6.04 Å². The molecule has 2 saturated heterocycles. The molecule has 7 nitrogen and oxygen atoms in total. The molecule has 2 fully saturated rings. The van der Waals surface area contributed by atoms with Crippen LogP contribution in [0.2, 0.25) is 5.02 Å². The highest BCUT2D eigenvalue weighted by Crippen LogP contribution is 2.65. The Balaban J connectivity index is 1.58. The van der Waals surface area contributed by atoms with E-state index in [9.17, 15) is 14.4 Å². The molecular weight excluding hydrogens is 524 g/mol. The molecule has 1 spiro atoms. The van der Waals surface area contributed by atoms with Gasteiger partial charge in [0.15, 0.2) is 0 Å². The van der Waals surface area contributed by atoms with Gasteiger partial charge in [0, 0.05) is 24.4 Å². The van der Waals surface area contributed by atoms with Crippen molar-refractivity contribution in [1.29, 1.82) is 0 Å². The molecule has 1 aromatic rings. The van der Waals surface area contributed by atoms with Gasteiger partial charge in [-0.1, -0.05) is 60.9 Å². The Morgan fingerprint density at radius 2 is 1.84 bits per heavy atom. The molecule has 38 heavy (non-hydrogen) atoms. The van der Waals surface area contributed by atoms with E-state index >= 15 is 0 Å². The third kappa shape index (κ3) is 4.58. The molecule has 0 aromatic heterocycles. The van der Waals surface area contributed by atoms with E-state index in [0.29, 0.717) is 43.2 Å². The molecule has 5 atom stereocenters. The number of unbranched alkanes of at least 4 members (excludes halogenated alkanes) is 3. The summed E-state index contributed by atoms with van der Waals surface area (Å²) in [7, 11) is 0. The SMILES string of the molecule is C[C@@]12/C=C\CCCOC(=O)[C@@H]1[C@H]1C(=O)N(CCCCCCO)C3C(=O)N(c4ccccc4Cl)CC=C[C@@]31S2. The smallest absolute Gasteiger partial charge is 0.311 e. The number of allylic oxidation sites excluding steroid dienone is 1. The first-order valence-electron chi connectivity index (χ1n) is 13.5. The van der Waals surface area contributed by atoms with Gasteiger partial charge in [-0.15, -0.1) is 11.8 Å². The van der Waals surface area contributed by atoms with Gasteiger partial charge in [-0.05, 0) is 44.7 Å². The number of likely N-dealkylation sites (tertiary alicyclic amines) is 1. The molecule has 1 unspecified atom stereocenters. The van der Waals surface area contributed by atoms with Crippen molar-refractivity contribution >= 4 is 46.8 Å². The number of aliphatic hydroxyl groups is 1. The summed E-state index contributed by atoms with van der Waals surface area (Å²) in [6, 6.07) is 6.47. The number of anilines is 1. The van der Waals surface area contributed by atoms with Crippen molar-refractivity contribution in [3.05, 3.63) is 53.6 Å². The second kappa shape index (κ2) is 11.1. The Morgan fingerprint density at radius 3 is 2.63 bits per heavy atom. The zero-order chi connectivity index (χ0) is 26.9. The van der Waals surface area contributed by atoms with E-state index in [2.05, 4.69) is 12.2 Å².